The van der Waals surface area contributed by atoms with Gasteiger partial charge in [-0.1, -0.05) is 23.9 Å². The monoisotopic (exact) mass is 436 g/mol. The zero-order chi connectivity index (χ0) is 20.9. The molecule has 0 aliphatic rings. The lowest BCUT2D eigenvalue weighted by atomic mass is 10.1. The van der Waals surface area contributed by atoms with Crippen LogP contribution in [0.25, 0.3) is 16.9 Å². The summed E-state index contributed by atoms with van der Waals surface area (Å²) in [4.78, 5) is 21.4. The van der Waals surface area contributed by atoms with Crippen molar-refractivity contribution in [2.45, 2.75) is 12.1 Å². The Morgan fingerprint density at radius 2 is 2.07 bits per heavy atom. The minimum absolute atomic E-state index is 0.0871. The van der Waals surface area contributed by atoms with Crippen LogP contribution in [-0.4, -0.2) is 33.3 Å². The van der Waals surface area contributed by atoms with Gasteiger partial charge >= 0.3 is 0 Å². The van der Waals surface area contributed by atoms with Crippen LogP contribution in [0.1, 0.15) is 5.01 Å². The molecule has 4 aromatic rings. The van der Waals surface area contributed by atoms with Crippen LogP contribution in [-0.2, 0) is 4.79 Å². The molecule has 0 unspecified atom stereocenters. The van der Waals surface area contributed by atoms with Crippen molar-refractivity contribution in [1.29, 1.82) is 0 Å². The third-order valence-electron chi connectivity index (χ3n) is 4.35. The number of aromatic nitrogens is 3. The van der Waals surface area contributed by atoms with Crippen molar-refractivity contribution >= 4 is 34.7 Å². The van der Waals surface area contributed by atoms with Crippen LogP contribution in [0.2, 0.25) is 0 Å². The van der Waals surface area contributed by atoms with Gasteiger partial charge in [0.25, 0.3) is 0 Å². The highest BCUT2D eigenvalue weighted by atomic mass is 32.2. The summed E-state index contributed by atoms with van der Waals surface area (Å²) in [7, 11) is 1.64. The van der Waals surface area contributed by atoms with Gasteiger partial charge in [0.05, 0.1) is 23.6 Å². The summed E-state index contributed by atoms with van der Waals surface area (Å²) in [6, 6.07) is 15.4. The van der Waals surface area contributed by atoms with E-state index in [9.17, 15) is 4.79 Å². The second kappa shape index (κ2) is 9.15. The molecule has 0 saturated carbocycles. The summed E-state index contributed by atoms with van der Waals surface area (Å²) in [5, 5.41) is 6.75. The minimum atomic E-state index is -0.0871. The molecule has 0 saturated heterocycles. The molecule has 30 heavy (non-hydrogen) atoms. The fourth-order valence-corrected chi connectivity index (χ4v) is 4.31. The third-order valence-corrected chi connectivity index (χ3v) is 6.09. The zero-order valence-corrected chi connectivity index (χ0v) is 18.2. The van der Waals surface area contributed by atoms with Gasteiger partial charge in [-0.15, -0.1) is 11.3 Å². The van der Waals surface area contributed by atoms with E-state index in [1.807, 2.05) is 71.6 Å². The maximum absolute atomic E-state index is 12.5. The number of nitrogens with zero attached hydrogens (tertiary/aromatic N) is 3. The second-order valence-electron chi connectivity index (χ2n) is 6.45. The van der Waals surface area contributed by atoms with Crippen LogP contribution in [0.15, 0.2) is 71.5 Å². The topological polar surface area (TPSA) is 69.0 Å². The van der Waals surface area contributed by atoms with Gasteiger partial charge in [0.2, 0.25) is 5.91 Å². The number of carbonyl (C=O) groups is 1. The fourth-order valence-electron chi connectivity index (χ4n) is 2.92. The molecule has 0 spiro atoms. The van der Waals surface area contributed by atoms with E-state index >= 15 is 0 Å². The number of nitrogens with one attached hydrogen (secondary N) is 1. The number of hydrogen-bond acceptors (Lipinski definition) is 6. The highest BCUT2D eigenvalue weighted by Gasteiger charge is 2.10. The number of methoxy groups -OCH3 is 1. The van der Waals surface area contributed by atoms with E-state index < -0.39 is 0 Å². The normalized spacial score (nSPS) is 10.7. The summed E-state index contributed by atoms with van der Waals surface area (Å²) in [5.41, 5.74) is 3.62. The van der Waals surface area contributed by atoms with E-state index in [1.54, 1.807) is 24.6 Å². The quantitative estimate of drug-likeness (QED) is 0.411. The van der Waals surface area contributed by atoms with E-state index in [1.165, 1.54) is 11.8 Å². The van der Waals surface area contributed by atoms with E-state index in [2.05, 4.69) is 15.3 Å². The van der Waals surface area contributed by atoms with Gasteiger partial charge in [-0.05, 0) is 43.3 Å². The van der Waals surface area contributed by atoms with Crippen molar-refractivity contribution < 1.29 is 9.53 Å². The largest absolute Gasteiger partial charge is 0.497 e. The van der Waals surface area contributed by atoms with E-state index in [0.717, 1.165) is 38.5 Å². The number of carbonyl (C=O) groups excluding carboxylic acids is 1. The molecule has 152 valence electrons. The van der Waals surface area contributed by atoms with Crippen LogP contribution in [0.4, 0.5) is 5.69 Å². The molecule has 1 amide bonds. The van der Waals surface area contributed by atoms with Gasteiger partial charge in [-0.25, -0.2) is 9.97 Å². The number of amides is 1. The lowest BCUT2D eigenvalue weighted by molar-refractivity contribution is -0.113. The highest BCUT2D eigenvalue weighted by molar-refractivity contribution is 7.99. The first-order valence-corrected chi connectivity index (χ1v) is 11.1. The Bertz CT molecular complexity index is 1150. The lowest BCUT2D eigenvalue weighted by Gasteiger charge is -2.09. The first-order valence-electron chi connectivity index (χ1n) is 9.25. The van der Waals surface area contributed by atoms with Gasteiger partial charge < -0.3 is 10.1 Å². The lowest BCUT2D eigenvalue weighted by Crippen LogP contribution is -2.14. The van der Waals surface area contributed by atoms with E-state index in [0.29, 0.717) is 0 Å². The molecule has 0 fully saturated rings. The average molecular weight is 437 g/mol. The molecule has 2 aromatic heterocycles. The molecule has 0 atom stereocenters. The van der Waals surface area contributed by atoms with Gasteiger partial charge in [0.15, 0.2) is 5.16 Å². The smallest absolute Gasteiger partial charge is 0.234 e. The predicted molar refractivity (Wildman–Crippen MR) is 122 cm³/mol. The first-order chi connectivity index (χ1) is 14.6. The first kappa shape index (κ1) is 20.2. The van der Waals surface area contributed by atoms with Crippen LogP contribution in [0.3, 0.4) is 0 Å². The number of benzene rings is 2. The fraction of sp³-hybridized carbons (Fsp3) is 0.136. The molecule has 0 radical (unpaired) electrons. The number of ether oxygens (including phenoxy) is 1. The van der Waals surface area contributed by atoms with Crippen molar-refractivity contribution in [2.24, 2.45) is 0 Å². The molecular weight excluding hydrogens is 416 g/mol. The van der Waals surface area contributed by atoms with Crippen molar-refractivity contribution in [3.05, 3.63) is 71.3 Å². The summed E-state index contributed by atoms with van der Waals surface area (Å²) in [6.45, 7) is 1.98. The van der Waals surface area contributed by atoms with Crippen molar-refractivity contribution in [3.63, 3.8) is 0 Å². The van der Waals surface area contributed by atoms with Crippen LogP contribution in [0.5, 0.6) is 5.75 Å². The summed E-state index contributed by atoms with van der Waals surface area (Å²) in [5.74, 6) is 0.964. The highest BCUT2D eigenvalue weighted by Crippen LogP contribution is 2.25. The number of aryl methyl sites for hydroxylation is 1. The van der Waals surface area contributed by atoms with Crippen LogP contribution < -0.4 is 10.1 Å². The van der Waals surface area contributed by atoms with Crippen molar-refractivity contribution in [3.8, 4) is 22.7 Å². The van der Waals surface area contributed by atoms with E-state index in [4.69, 9.17) is 4.74 Å². The zero-order valence-electron chi connectivity index (χ0n) is 16.5. The van der Waals surface area contributed by atoms with Gasteiger partial charge in [-0.2, -0.15) is 0 Å². The maximum atomic E-state index is 12.5. The second-order valence-corrected chi connectivity index (χ2v) is 8.45. The number of imidazole rings is 1. The Morgan fingerprint density at radius 3 is 2.80 bits per heavy atom. The number of thiazole rings is 1. The Labute approximate surface area is 183 Å². The Hall–Kier alpha value is -3.10. The molecule has 2 aromatic carbocycles. The molecule has 0 bridgehead atoms. The average Bonchev–Trinajstić information content (AvgIpc) is 3.41. The minimum Gasteiger partial charge on any atom is -0.497 e. The van der Waals surface area contributed by atoms with Gasteiger partial charge in [0.1, 0.15) is 5.75 Å². The third kappa shape index (κ3) is 4.72. The SMILES string of the molecule is COc1ccc(-n2ccnc2SCC(=O)Nc2cccc(-c3csc(C)n3)c2)cc1. The number of hydrogen-bond donors (Lipinski definition) is 1. The molecular formula is C22H20N4O2S2. The van der Waals surface area contributed by atoms with E-state index in [-0.39, 0.29) is 11.7 Å². The Balaban J connectivity index is 1.40. The number of rotatable bonds is 7. The number of anilines is 1. The maximum Gasteiger partial charge on any atom is 0.234 e. The van der Waals surface area contributed by atoms with Crippen molar-refractivity contribution in [2.75, 3.05) is 18.2 Å². The Kier molecular flexibility index (Phi) is 6.15. The molecule has 4 rings (SSSR count). The summed E-state index contributed by atoms with van der Waals surface area (Å²) >= 11 is 3.00. The van der Waals surface area contributed by atoms with Gasteiger partial charge in [-0.3, -0.25) is 9.36 Å². The predicted octanol–water partition coefficient (Wildman–Crippen LogP) is 5.04. The van der Waals surface area contributed by atoms with Gasteiger partial charge in [0, 0.05) is 34.7 Å². The summed E-state index contributed by atoms with van der Waals surface area (Å²) < 4.78 is 7.15. The number of thioether (sulfide) groups is 1. The standard InChI is InChI=1S/C22H20N4O2S2/c1-15-24-20(13-29-15)16-4-3-5-17(12-16)25-21(27)14-30-22-23-10-11-26(22)18-6-8-19(28-2)9-7-18/h3-13H,14H2,1-2H3,(H,25,27). The molecule has 2 heterocycles. The molecule has 6 nitrogen and oxygen atoms in total. The van der Waals surface area contributed by atoms with Crippen LogP contribution >= 0.6 is 23.1 Å². The Morgan fingerprint density at radius 1 is 1.23 bits per heavy atom. The molecule has 8 heteroatoms. The van der Waals surface area contributed by atoms with Crippen LogP contribution in [0, 0.1) is 6.92 Å². The van der Waals surface area contributed by atoms with Crippen molar-refractivity contribution in [1.82, 2.24) is 14.5 Å². The molecule has 0 aliphatic carbocycles. The summed E-state index contributed by atoms with van der Waals surface area (Å²) in [6.07, 6.45) is 3.60. The molecule has 1 N–H and O–H groups in total. The molecule has 0 aliphatic heterocycles.